The number of benzene rings is 2. The lowest BCUT2D eigenvalue weighted by Crippen LogP contribution is -2.40. The van der Waals surface area contributed by atoms with Crippen LogP contribution < -0.4 is 5.32 Å². The molecule has 27 heavy (non-hydrogen) atoms. The molecule has 1 aliphatic rings. The van der Waals surface area contributed by atoms with Crippen LogP contribution in [-0.4, -0.2) is 44.9 Å². The smallest absolute Gasteiger partial charge is 0.257 e. The molecule has 1 heterocycles. The summed E-state index contributed by atoms with van der Waals surface area (Å²) in [7, 11) is -3.71. The van der Waals surface area contributed by atoms with Crippen molar-refractivity contribution in [3.8, 4) is 0 Å². The highest BCUT2D eigenvalue weighted by Gasteiger charge is 2.27. The van der Waals surface area contributed by atoms with Gasteiger partial charge in [0.25, 0.3) is 5.91 Å². The SMILES string of the molecule is Cc1cc(I)ccc1NC(=O)c1cc(S(=O)(=O)N2CCOCC2)ccc1Cl. The number of nitrogens with zero attached hydrogens (tertiary/aromatic N) is 1. The highest BCUT2D eigenvalue weighted by Crippen LogP contribution is 2.25. The number of aryl methyl sites for hydroxylation is 1. The van der Waals surface area contributed by atoms with Gasteiger partial charge in [0.15, 0.2) is 0 Å². The molecule has 1 aliphatic heterocycles. The maximum Gasteiger partial charge on any atom is 0.257 e. The Labute approximate surface area is 177 Å². The van der Waals surface area contributed by atoms with E-state index in [0.29, 0.717) is 18.9 Å². The monoisotopic (exact) mass is 520 g/mol. The fraction of sp³-hybridized carbons (Fsp3) is 0.278. The second-order valence-corrected chi connectivity index (χ2v) is 9.66. The normalized spacial score (nSPS) is 15.5. The molecular formula is C18H18ClIN2O4S. The van der Waals surface area contributed by atoms with E-state index in [9.17, 15) is 13.2 Å². The number of anilines is 1. The molecule has 0 atom stereocenters. The minimum atomic E-state index is -3.71. The lowest BCUT2D eigenvalue weighted by Gasteiger charge is -2.26. The Morgan fingerprint density at radius 3 is 2.56 bits per heavy atom. The van der Waals surface area contributed by atoms with Gasteiger partial charge in [-0.2, -0.15) is 4.31 Å². The molecule has 1 amide bonds. The molecule has 144 valence electrons. The van der Waals surface area contributed by atoms with Crippen LogP contribution in [0.2, 0.25) is 5.02 Å². The Bertz CT molecular complexity index is 975. The molecule has 1 N–H and O–H groups in total. The molecule has 9 heteroatoms. The highest BCUT2D eigenvalue weighted by molar-refractivity contribution is 14.1. The number of carbonyl (C=O) groups excluding carboxylic acids is 1. The summed E-state index contributed by atoms with van der Waals surface area (Å²) in [5.41, 5.74) is 1.67. The van der Waals surface area contributed by atoms with E-state index >= 15 is 0 Å². The van der Waals surface area contributed by atoms with Crippen molar-refractivity contribution in [1.29, 1.82) is 0 Å². The fourth-order valence-electron chi connectivity index (χ4n) is 2.73. The molecule has 0 radical (unpaired) electrons. The number of ether oxygens (including phenoxy) is 1. The molecule has 0 bridgehead atoms. The van der Waals surface area contributed by atoms with E-state index < -0.39 is 15.9 Å². The summed E-state index contributed by atoms with van der Waals surface area (Å²) < 4.78 is 33.2. The summed E-state index contributed by atoms with van der Waals surface area (Å²) >= 11 is 8.36. The Hall–Kier alpha value is -1.20. The zero-order valence-corrected chi connectivity index (χ0v) is 18.3. The van der Waals surface area contributed by atoms with Crippen molar-refractivity contribution in [1.82, 2.24) is 4.31 Å². The number of hydrogen-bond acceptors (Lipinski definition) is 4. The van der Waals surface area contributed by atoms with Crippen LogP contribution in [0.15, 0.2) is 41.3 Å². The maximum atomic E-state index is 12.8. The molecule has 0 aromatic heterocycles. The van der Waals surface area contributed by atoms with Gasteiger partial charge in [0, 0.05) is 22.3 Å². The minimum Gasteiger partial charge on any atom is -0.379 e. The molecule has 2 aromatic carbocycles. The zero-order chi connectivity index (χ0) is 19.6. The number of hydrogen-bond donors (Lipinski definition) is 1. The van der Waals surface area contributed by atoms with E-state index in [1.807, 2.05) is 19.1 Å². The van der Waals surface area contributed by atoms with Crippen molar-refractivity contribution in [3.63, 3.8) is 0 Å². The highest BCUT2D eigenvalue weighted by atomic mass is 127. The lowest BCUT2D eigenvalue weighted by atomic mass is 10.1. The predicted molar refractivity (Wildman–Crippen MR) is 113 cm³/mol. The van der Waals surface area contributed by atoms with Gasteiger partial charge in [0.2, 0.25) is 10.0 Å². The second kappa shape index (κ2) is 8.44. The standard InChI is InChI=1S/C18H18ClIN2O4S/c1-12-10-13(20)2-5-17(12)21-18(23)15-11-14(3-4-16(15)19)27(24,25)22-6-8-26-9-7-22/h2-5,10-11H,6-9H2,1H3,(H,21,23). The summed E-state index contributed by atoms with van der Waals surface area (Å²) in [5, 5.41) is 2.99. The first kappa shape index (κ1) is 20.5. The van der Waals surface area contributed by atoms with E-state index in [1.54, 1.807) is 6.07 Å². The van der Waals surface area contributed by atoms with Gasteiger partial charge in [-0.05, 0) is 71.5 Å². The second-order valence-electron chi connectivity index (χ2n) is 6.07. The number of amides is 1. The molecule has 2 aromatic rings. The topological polar surface area (TPSA) is 75.7 Å². The maximum absolute atomic E-state index is 12.8. The van der Waals surface area contributed by atoms with Crippen LogP contribution in [-0.2, 0) is 14.8 Å². The third-order valence-electron chi connectivity index (χ3n) is 4.23. The molecule has 0 aliphatic carbocycles. The van der Waals surface area contributed by atoms with E-state index in [0.717, 1.165) is 9.13 Å². The van der Waals surface area contributed by atoms with Crippen molar-refractivity contribution < 1.29 is 17.9 Å². The average molecular weight is 521 g/mol. The van der Waals surface area contributed by atoms with Crippen molar-refractivity contribution in [2.45, 2.75) is 11.8 Å². The van der Waals surface area contributed by atoms with E-state index in [1.165, 1.54) is 22.5 Å². The van der Waals surface area contributed by atoms with E-state index in [4.69, 9.17) is 16.3 Å². The first-order chi connectivity index (χ1) is 12.8. The van der Waals surface area contributed by atoms with E-state index in [-0.39, 0.29) is 28.6 Å². The van der Waals surface area contributed by atoms with Gasteiger partial charge in [-0.25, -0.2) is 8.42 Å². The number of sulfonamides is 1. The largest absolute Gasteiger partial charge is 0.379 e. The summed E-state index contributed by atoms with van der Waals surface area (Å²) in [6, 6.07) is 9.80. The van der Waals surface area contributed by atoms with Crippen LogP contribution >= 0.6 is 34.2 Å². The zero-order valence-electron chi connectivity index (χ0n) is 14.5. The number of halogens is 2. The first-order valence-corrected chi connectivity index (χ1v) is 11.1. The van der Waals surface area contributed by atoms with Gasteiger partial charge in [-0.3, -0.25) is 4.79 Å². The van der Waals surface area contributed by atoms with Gasteiger partial charge in [0.05, 0.1) is 28.7 Å². The molecular weight excluding hydrogens is 503 g/mol. The van der Waals surface area contributed by atoms with Crippen LogP contribution in [0.5, 0.6) is 0 Å². The van der Waals surface area contributed by atoms with Crippen molar-refractivity contribution in [2.75, 3.05) is 31.6 Å². The predicted octanol–water partition coefficient (Wildman–Crippen LogP) is 3.53. The molecule has 0 spiro atoms. The van der Waals surface area contributed by atoms with Crippen LogP contribution in [0.1, 0.15) is 15.9 Å². The molecule has 0 unspecified atom stereocenters. The van der Waals surface area contributed by atoms with Crippen molar-refractivity contribution >= 4 is 55.8 Å². The third-order valence-corrected chi connectivity index (χ3v) is 7.12. The number of nitrogens with one attached hydrogen (secondary N) is 1. The van der Waals surface area contributed by atoms with Gasteiger partial charge >= 0.3 is 0 Å². The summed E-state index contributed by atoms with van der Waals surface area (Å²) in [5.74, 6) is -0.455. The van der Waals surface area contributed by atoms with Crippen molar-refractivity contribution in [2.24, 2.45) is 0 Å². The van der Waals surface area contributed by atoms with E-state index in [2.05, 4.69) is 27.9 Å². The molecule has 1 saturated heterocycles. The first-order valence-electron chi connectivity index (χ1n) is 8.24. The summed E-state index contributed by atoms with van der Waals surface area (Å²) in [4.78, 5) is 12.7. The Morgan fingerprint density at radius 2 is 1.89 bits per heavy atom. The minimum absolute atomic E-state index is 0.0401. The molecule has 1 fully saturated rings. The Kier molecular flexibility index (Phi) is 6.42. The van der Waals surface area contributed by atoms with Crippen LogP contribution in [0.3, 0.4) is 0 Å². The van der Waals surface area contributed by atoms with Crippen molar-refractivity contribution in [3.05, 3.63) is 56.1 Å². The molecule has 0 saturated carbocycles. The van der Waals surface area contributed by atoms with Gasteiger partial charge in [-0.15, -0.1) is 0 Å². The summed E-state index contributed by atoms with van der Waals surface area (Å²) in [6.45, 7) is 3.17. The molecule has 6 nitrogen and oxygen atoms in total. The molecule has 3 rings (SSSR count). The van der Waals surface area contributed by atoms with Crippen LogP contribution in [0.25, 0.3) is 0 Å². The number of rotatable bonds is 4. The lowest BCUT2D eigenvalue weighted by molar-refractivity contribution is 0.0730. The quantitative estimate of drug-likeness (QED) is 0.626. The Balaban J connectivity index is 1.89. The Morgan fingerprint density at radius 1 is 1.19 bits per heavy atom. The number of carbonyl (C=O) groups is 1. The third kappa shape index (κ3) is 4.62. The average Bonchev–Trinajstić information content (AvgIpc) is 2.65. The van der Waals surface area contributed by atoms with Crippen LogP contribution in [0, 0.1) is 10.5 Å². The fourth-order valence-corrected chi connectivity index (χ4v) is 5.02. The van der Waals surface area contributed by atoms with Gasteiger partial charge in [0.1, 0.15) is 0 Å². The number of morpholine rings is 1. The van der Waals surface area contributed by atoms with Gasteiger partial charge < -0.3 is 10.1 Å². The summed E-state index contributed by atoms with van der Waals surface area (Å²) in [6.07, 6.45) is 0. The van der Waals surface area contributed by atoms with Gasteiger partial charge in [-0.1, -0.05) is 11.6 Å². The van der Waals surface area contributed by atoms with Crippen LogP contribution in [0.4, 0.5) is 5.69 Å².